The molecular formula is C20H23N7O2S. The van der Waals surface area contributed by atoms with Crippen LogP contribution in [0.4, 0.5) is 0 Å². The van der Waals surface area contributed by atoms with Crippen LogP contribution in [0, 0.1) is 0 Å². The molecule has 10 heteroatoms. The summed E-state index contributed by atoms with van der Waals surface area (Å²) in [5.74, 6) is -0.299. The second kappa shape index (κ2) is 8.15. The zero-order valence-electron chi connectivity index (χ0n) is 17.0. The van der Waals surface area contributed by atoms with E-state index in [2.05, 4.69) is 26.1 Å². The van der Waals surface area contributed by atoms with E-state index in [4.69, 9.17) is 0 Å². The van der Waals surface area contributed by atoms with Gasteiger partial charge < -0.3 is 16.0 Å². The molecule has 30 heavy (non-hydrogen) atoms. The van der Waals surface area contributed by atoms with Crippen LogP contribution < -0.4 is 16.0 Å². The quantitative estimate of drug-likeness (QED) is 0.561. The van der Waals surface area contributed by atoms with Crippen molar-refractivity contribution in [2.24, 2.45) is 7.05 Å². The third-order valence-corrected chi connectivity index (χ3v) is 5.88. The van der Waals surface area contributed by atoms with Gasteiger partial charge in [-0.3, -0.25) is 14.3 Å². The van der Waals surface area contributed by atoms with Crippen molar-refractivity contribution >= 4 is 28.0 Å². The van der Waals surface area contributed by atoms with Gasteiger partial charge in [-0.2, -0.15) is 10.2 Å². The number of fused-ring (bicyclic) bond motifs is 1. The Morgan fingerprint density at radius 3 is 2.80 bits per heavy atom. The minimum Gasteiger partial charge on any atom is -0.381 e. The number of amides is 2. The number of carbonyl (C=O) groups excluding carboxylic acids is 2. The summed E-state index contributed by atoms with van der Waals surface area (Å²) in [5, 5.41) is 17.5. The summed E-state index contributed by atoms with van der Waals surface area (Å²) >= 11 is 1.49. The second-order valence-corrected chi connectivity index (χ2v) is 8.18. The van der Waals surface area contributed by atoms with Crippen molar-refractivity contribution in [2.75, 3.05) is 0 Å². The van der Waals surface area contributed by atoms with Crippen molar-refractivity contribution in [3.63, 3.8) is 0 Å². The van der Waals surface area contributed by atoms with Crippen molar-refractivity contribution in [2.45, 2.75) is 32.7 Å². The standard InChI is InChI=1S/C20H23N7O2S/c1-4-5-18(28)24-14-6-16(12(2)21-8-14)25-19(29)15-9-23-27-11-17(30-20(15)27)13-7-22-26(3)10-13/h6-12,21H,4-5H2,1-3H3,(H,24,28)(H,25,29). The van der Waals surface area contributed by atoms with E-state index >= 15 is 0 Å². The SMILES string of the molecule is CCCC(=O)NC1=CNC(C)C(NC(=O)c2cnn3cc(-c4cnn(C)c4)sc23)=C1. The normalized spacial score (nSPS) is 16.0. The maximum Gasteiger partial charge on any atom is 0.260 e. The zero-order chi connectivity index (χ0) is 21.3. The fourth-order valence-corrected chi connectivity index (χ4v) is 4.16. The number of nitrogens with zero attached hydrogens (tertiary/aromatic N) is 4. The number of rotatable bonds is 6. The number of hydrogen-bond donors (Lipinski definition) is 3. The second-order valence-electron chi connectivity index (χ2n) is 7.15. The molecule has 4 rings (SSSR count). The van der Waals surface area contributed by atoms with Gasteiger partial charge in [0.25, 0.3) is 5.91 Å². The van der Waals surface area contributed by atoms with Crippen molar-refractivity contribution in [1.82, 2.24) is 35.3 Å². The lowest BCUT2D eigenvalue weighted by atomic mass is 10.1. The van der Waals surface area contributed by atoms with Crippen LogP contribution >= 0.6 is 11.3 Å². The minimum atomic E-state index is -0.245. The Hall–Kier alpha value is -3.40. The van der Waals surface area contributed by atoms with Gasteiger partial charge in [0, 0.05) is 43.3 Å². The molecule has 0 spiro atoms. The van der Waals surface area contributed by atoms with Gasteiger partial charge in [-0.15, -0.1) is 11.3 Å². The lowest BCUT2D eigenvalue weighted by Gasteiger charge is -2.23. The van der Waals surface area contributed by atoms with Gasteiger partial charge in [-0.1, -0.05) is 6.92 Å². The van der Waals surface area contributed by atoms with Crippen LogP contribution in [0.1, 0.15) is 37.0 Å². The van der Waals surface area contributed by atoms with E-state index in [9.17, 15) is 9.59 Å². The monoisotopic (exact) mass is 425 g/mol. The van der Waals surface area contributed by atoms with Gasteiger partial charge in [0.15, 0.2) is 0 Å². The molecule has 0 radical (unpaired) electrons. The molecule has 4 heterocycles. The van der Waals surface area contributed by atoms with Gasteiger partial charge in [-0.25, -0.2) is 4.52 Å². The molecule has 3 N–H and O–H groups in total. The van der Waals surface area contributed by atoms with Crippen molar-refractivity contribution in [3.8, 4) is 10.4 Å². The summed E-state index contributed by atoms with van der Waals surface area (Å²) in [6.07, 6.45) is 11.9. The molecule has 0 bridgehead atoms. The smallest absolute Gasteiger partial charge is 0.260 e. The van der Waals surface area contributed by atoms with E-state index in [1.807, 2.05) is 33.3 Å². The fourth-order valence-electron chi connectivity index (χ4n) is 3.13. The van der Waals surface area contributed by atoms with E-state index < -0.39 is 0 Å². The highest BCUT2D eigenvalue weighted by molar-refractivity contribution is 7.21. The lowest BCUT2D eigenvalue weighted by Crippen LogP contribution is -2.38. The molecule has 0 saturated carbocycles. The maximum atomic E-state index is 13.0. The van der Waals surface area contributed by atoms with Crippen LogP contribution in [0.3, 0.4) is 0 Å². The molecule has 1 aliphatic heterocycles. The van der Waals surface area contributed by atoms with E-state index in [0.29, 0.717) is 23.4 Å². The number of aromatic nitrogens is 4. The molecule has 9 nitrogen and oxygen atoms in total. The van der Waals surface area contributed by atoms with Gasteiger partial charge in [0.05, 0.1) is 34.6 Å². The molecule has 1 atom stereocenters. The van der Waals surface area contributed by atoms with Crippen molar-refractivity contribution in [3.05, 3.63) is 54.0 Å². The third kappa shape index (κ3) is 3.99. The van der Waals surface area contributed by atoms with E-state index in [1.165, 1.54) is 11.3 Å². The average Bonchev–Trinajstić information content (AvgIpc) is 3.39. The number of nitrogens with one attached hydrogen (secondary N) is 3. The predicted octanol–water partition coefficient (Wildman–Crippen LogP) is 2.16. The predicted molar refractivity (Wildman–Crippen MR) is 115 cm³/mol. The van der Waals surface area contributed by atoms with Crippen LogP contribution in [0.5, 0.6) is 0 Å². The minimum absolute atomic E-state index is 0.0538. The largest absolute Gasteiger partial charge is 0.381 e. The van der Waals surface area contributed by atoms with Gasteiger partial charge >= 0.3 is 0 Å². The van der Waals surface area contributed by atoms with E-state index in [1.54, 1.807) is 33.9 Å². The zero-order valence-corrected chi connectivity index (χ0v) is 17.8. The Labute approximate surface area is 177 Å². The number of hydrogen-bond acceptors (Lipinski definition) is 6. The molecule has 0 aromatic carbocycles. The van der Waals surface area contributed by atoms with Crippen LogP contribution in [0.15, 0.2) is 48.5 Å². The first kappa shape index (κ1) is 19.9. The van der Waals surface area contributed by atoms with Crippen LogP contribution in [-0.2, 0) is 11.8 Å². The molecule has 156 valence electrons. The maximum absolute atomic E-state index is 13.0. The third-order valence-electron chi connectivity index (χ3n) is 4.71. The molecule has 0 aliphatic carbocycles. The van der Waals surface area contributed by atoms with E-state index in [0.717, 1.165) is 21.7 Å². The first-order chi connectivity index (χ1) is 14.4. The van der Waals surface area contributed by atoms with Crippen LogP contribution in [0.2, 0.25) is 0 Å². The molecule has 0 fully saturated rings. The number of thiazole rings is 1. The highest BCUT2D eigenvalue weighted by Gasteiger charge is 2.21. The van der Waals surface area contributed by atoms with Crippen LogP contribution in [0.25, 0.3) is 15.3 Å². The topological polar surface area (TPSA) is 105 Å². The Balaban J connectivity index is 1.53. The summed E-state index contributed by atoms with van der Waals surface area (Å²) < 4.78 is 3.44. The number of allylic oxidation sites excluding steroid dienone is 1. The molecule has 1 unspecified atom stereocenters. The number of carbonyl (C=O) groups is 2. The Morgan fingerprint density at radius 2 is 2.07 bits per heavy atom. The van der Waals surface area contributed by atoms with Gasteiger partial charge in [-0.05, 0) is 19.4 Å². The molecule has 2 amide bonds. The molecule has 3 aromatic rings. The summed E-state index contributed by atoms with van der Waals surface area (Å²) in [6, 6.07) is -0.0962. The molecule has 1 aliphatic rings. The molecule has 3 aromatic heterocycles. The van der Waals surface area contributed by atoms with Gasteiger partial charge in [0.2, 0.25) is 5.91 Å². The Morgan fingerprint density at radius 1 is 1.23 bits per heavy atom. The Bertz CT molecular complexity index is 1170. The summed E-state index contributed by atoms with van der Waals surface area (Å²) in [4.78, 5) is 26.6. The molecular weight excluding hydrogens is 402 g/mol. The summed E-state index contributed by atoms with van der Waals surface area (Å²) in [6.45, 7) is 3.89. The highest BCUT2D eigenvalue weighted by Crippen LogP contribution is 2.30. The van der Waals surface area contributed by atoms with Crippen LogP contribution in [-0.4, -0.2) is 37.3 Å². The average molecular weight is 426 g/mol. The lowest BCUT2D eigenvalue weighted by molar-refractivity contribution is -0.120. The van der Waals surface area contributed by atoms with Gasteiger partial charge in [0.1, 0.15) is 4.83 Å². The number of dihydropyridines is 1. The number of aryl methyl sites for hydroxylation is 1. The summed E-state index contributed by atoms with van der Waals surface area (Å²) in [7, 11) is 1.86. The first-order valence-corrected chi connectivity index (χ1v) is 10.5. The van der Waals surface area contributed by atoms with Crippen molar-refractivity contribution < 1.29 is 9.59 Å². The molecule has 0 saturated heterocycles. The first-order valence-electron chi connectivity index (χ1n) is 9.69. The summed E-state index contributed by atoms with van der Waals surface area (Å²) in [5.41, 5.74) is 2.77. The fraction of sp³-hybridized carbons (Fsp3) is 0.300. The Kier molecular flexibility index (Phi) is 5.40. The highest BCUT2D eigenvalue weighted by atomic mass is 32.1. The van der Waals surface area contributed by atoms with Crippen molar-refractivity contribution in [1.29, 1.82) is 0 Å². The van der Waals surface area contributed by atoms with E-state index in [-0.39, 0.29) is 17.9 Å².